The summed E-state index contributed by atoms with van der Waals surface area (Å²) in [5, 5.41) is 0. The first-order chi connectivity index (χ1) is 9.21. The van der Waals surface area contributed by atoms with E-state index in [2.05, 4.69) is 24.0 Å². The van der Waals surface area contributed by atoms with Gasteiger partial charge in [-0.25, -0.2) is 4.98 Å². The van der Waals surface area contributed by atoms with Crippen molar-refractivity contribution in [3.8, 4) is 0 Å². The molecular formula is C16H22N2O. The zero-order chi connectivity index (χ0) is 13.3. The Morgan fingerprint density at radius 3 is 2.79 bits per heavy atom. The predicted octanol–water partition coefficient (Wildman–Crippen LogP) is 3.59. The smallest absolute Gasteiger partial charge is 0.196 e. The highest BCUT2D eigenvalue weighted by Crippen LogP contribution is 2.38. The van der Waals surface area contributed by atoms with Gasteiger partial charge in [-0.05, 0) is 49.4 Å². The van der Waals surface area contributed by atoms with Crippen LogP contribution < -0.4 is 5.73 Å². The minimum atomic E-state index is 0.216. The topological polar surface area (TPSA) is 52.0 Å². The largest absolute Gasteiger partial charge is 0.441 e. The summed E-state index contributed by atoms with van der Waals surface area (Å²) in [6.45, 7) is 2.82. The average Bonchev–Trinajstić information content (AvgIpc) is 2.81. The number of oxazole rings is 1. The highest BCUT2D eigenvalue weighted by molar-refractivity contribution is 5.73. The molecule has 0 unspecified atom stereocenters. The summed E-state index contributed by atoms with van der Waals surface area (Å²) >= 11 is 0. The first kappa shape index (κ1) is 12.7. The Kier molecular flexibility index (Phi) is 3.31. The number of fused-ring (bicyclic) bond motifs is 1. The van der Waals surface area contributed by atoms with Crippen LogP contribution in [0.3, 0.4) is 0 Å². The van der Waals surface area contributed by atoms with E-state index in [1.54, 1.807) is 0 Å². The molecule has 19 heavy (non-hydrogen) atoms. The van der Waals surface area contributed by atoms with Gasteiger partial charge in [0.25, 0.3) is 0 Å². The van der Waals surface area contributed by atoms with Crippen molar-refractivity contribution < 1.29 is 4.42 Å². The van der Waals surface area contributed by atoms with Gasteiger partial charge in [0.1, 0.15) is 5.52 Å². The molecule has 1 fully saturated rings. The first-order valence-corrected chi connectivity index (χ1v) is 7.27. The number of rotatable bonds is 3. The van der Waals surface area contributed by atoms with Crippen molar-refractivity contribution in [3.05, 3.63) is 29.7 Å². The number of aromatic nitrogens is 1. The van der Waals surface area contributed by atoms with Gasteiger partial charge in [-0.1, -0.05) is 25.3 Å². The van der Waals surface area contributed by atoms with E-state index in [1.165, 1.54) is 37.7 Å². The predicted molar refractivity (Wildman–Crippen MR) is 77.0 cm³/mol. The Bertz CT molecular complexity index is 567. The van der Waals surface area contributed by atoms with Crippen molar-refractivity contribution in [2.75, 3.05) is 6.54 Å². The number of nitrogens with two attached hydrogens (primary N) is 1. The molecule has 0 atom stereocenters. The Balaban J connectivity index is 1.87. The monoisotopic (exact) mass is 258 g/mol. The van der Waals surface area contributed by atoms with Crippen molar-refractivity contribution in [2.45, 2.75) is 45.4 Å². The summed E-state index contributed by atoms with van der Waals surface area (Å²) in [5.74, 6) is 0.855. The van der Waals surface area contributed by atoms with E-state index in [0.717, 1.165) is 30.0 Å². The van der Waals surface area contributed by atoms with Gasteiger partial charge in [-0.3, -0.25) is 0 Å². The van der Waals surface area contributed by atoms with Crippen LogP contribution in [0, 0.1) is 12.3 Å². The molecule has 102 valence electrons. The van der Waals surface area contributed by atoms with Crippen LogP contribution in [0.1, 0.15) is 43.6 Å². The summed E-state index contributed by atoms with van der Waals surface area (Å²) in [4.78, 5) is 4.64. The van der Waals surface area contributed by atoms with E-state index < -0.39 is 0 Å². The number of benzene rings is 1. The molecule has 1 aromatic heterocycles. The summed E-state index contributed by atoms with van der Waals surface area (Å²) in [6, 6.07) is 6.16. The van der Waals surface area contributed by atoms with Crippen molar-refractivity contribution in [2.24, 2.45) is 11.1 Å². The molecule has 0 amide bonds. The Morgan fingerprint density at radius 1 is 1.26 bits per heavy atom. The third kappa shape index (κ3) is 2.52. The van der Waals surface area contributed by atoms with Crippen LogP contribution >= 0.6 is 0 Å². The van der Waals surface area contributed by atoms with E-state index in [4.69, 9.17) is 10.2 Å². The van der Waals surface area contributed by atoms with Crippen molar-refractivity contribution >= 4 is 11.1 Å². The molecule has 3 nitrogen and oxygen atoms in total. The van der Waals surface area contributed by atoms with Crippen LogP contribution in [0.25, 0.3) is 11.1 Å². The van der Waals surface area contributed by atoms with Crippen LogP contribution in [0.2, 0.25) is 0 Å². The molecule has 0 bridgehead atoms. The summed E-state index contributed by atoms with van der Waals surface area (Å²) in [7, 11) is 0. The zero-order valence-corrected chi connectivity index (χ0v) is 11.6. The standard InChI is InChI=1S/C16H22N2O/c1-12-5-6-14-13(9-12)18-15(19-14)10-16(11-17)7-3-2-4-8-16/h5-6,9H,2-4,7-8,10-11,17H2,1H3. The fraction of sp³-hybridized carbons (Fsp3) is 0.562. The molecule has 2 N–H and O–H groups in total. The lowest BCUT2D eigenvalue weighted by atomic mass is 9.72. The molecule has 3 rings (SSSR count). The highest BCUT2D eigenvalue weighted by atomic mass is 16.3. The minimum absolute atomic E-state index is 0.216. The lowest BCUT2D eigenvalue weighted by Crippen LogP contribution is -2.35. The normalized spacial score (nSPS) is 18.8. The second-order valence-corrected chi connectivity index (χ2v) is 6.02. The number of aryl methyl sites for hydroxylation is 1. The second-order valence-electron chi connectivity index (χ2n) is 6.02. The van der Waals surface area contributed by atoms with Gasteiger partial charge in [0.05, 0.1) is 0 Å². The summed E-state index contributed by atoms with van der Waals surface area (Å²) in [5.41, 5.74) is 9.33. The molecule has 3 heteroatoms. The molecule has 1 aromatic carbocycles. The fourth-order valence-corrected chi connectivity index (χ4v) is 3.24. The van der Waals surface area contributed by atoms with E-state index in [0.29, 0.717) is 0 Å². The molecule has 2 aromatic rings. The van der Waals surface area contributed by atoms with E-state index >= 15 is 0 Å². The lowest BCUT2D eigenvalue weighted by molar-refractivity contribution is 0.184. The minimum Gasteiger partial charge on any atom is -0.441 e. The quantitative estimate of drug-likeness (QED) is 0.915. The maximum absolute atomic E-state index is 6.03. The Labute approximate surface area is 114 Å². The van der Waals surface area contributed by atoms with Gasteiger partial charge in [-0.15, -0.1) is 0 Å². The van der Waals surface area contributed by atoms with Gasteiger partial charge < -0.3 is 10.2 Å². The van der Waals surface area contributed by atoms with E-state index in [9.17, 15) is 0 Å². The lowest BCUT2D eigenvalue weighted by Gasteiger charge is -2.35. The maximum Gasteiger partial charge on any atom is 0.196 e. The van der Waals surface area contributed by atoms with Crippen molar-refractivity contribution in [3.63, 3.8) is 0 Å². The number of nitrogens with zero attached hydrogens (tertiary/aromatic N) is 1. The third-order valence-corrected chi connectivity index (χ3v) is 4.46. The van der Waals surface area contributed by atoms with E-state index in [1.807, 2.05) is 6.07 Å². The van der Waals surface area contributed by atoms with Crippen LogP contribution in [-0.2, 0) is 6.42 Å². The van der Waals surface area contributed by atoms with Gasteiger partial charge in [0.2, 0.25) is 0 Å². The summed E-state index contributed by atoms with van der Waals surface area (Å²) < 4.78 is 5.89. The highest BCUT2D eigenvalue weighted by Gasteiger charge is 2.32. The van der Waals surface area contributed by atoms with Crippen LogP contribution in [0.5, 0.6) is 0 Å². The SMILES string of the molecule is Cc1ccc2oc(CC3(CN)CCCCC3)nc2c1. The summed E-state index contributed by atoms with van der Waals surface area (Å²) in [6.07, 6.45) is 7.22. The Hall–Kier alpha value is -1.35. The molecule has 0 saturated heterocycles. The molecule has 1 saturated carbocycles. The maximum atomic E-state index is 6.03. The van der Waals surface area contributed by atoms with Gasteiger partial charge in [0.15, 0.2) is 11.5 Å². The number of hydrogen-bond donors (Lipinski definition) is 1. The first-order valence-electron chi connectivity index (χ1n) is 7.27. The average molecular weight is 258 g/mol. The number of hydrogen-bond acceptors (Lipinski definition) is 3. The molecule has 1 aliphatic rings. The zero-order valence-electron chi connectivity index (χ0n) is 11.6. The van der Waals surface area contributed by atoms with Crippen molar-refractivity contribution in [1.82, 2.24) is 4.98 Å². The van der Waals surface area contributed by atoms with Crippen molar-refractivity contribution in [1.29, 1.82) is 0 Å². The molecule has 0 radical (unpaired) electrons. The molecule has 0 spiro atoms. The molecule has 1 heterocycles. The van der Waals surface area contributed by atoms with Crippen LogP contribution in [0.15, 0.2) is 22.6 Å². The Morgan fingerprint density at radius 2 is 2.05 bits per heavy atom. The third-order valence-electron chi connectivity index (χ3n) is 4.46. The van der Waals surface area contributed by atoms with Gasteiger partial charge in [-0.2, -0.15) is 0 Å². The molecule has 0 aliphatic heterocycles. The van der Waals surface area contributed by atoms with Gasteiger partial charge in [0, 0.05) is 6.42 Å². The van der Waals surface area contributed by atoms with Crippen LogP contribution in [0.4, 0.5) is 0 Å². The van der Waals surface area contributed by atoms with Gasteiger partial charge >= 0.3 is 0 Å². The van der Waals surface area contributed by atoms with Crippen LogP contribution in [-0.4, -0.2) is 11.5 Å². The fourth-order valence-electron chi connectivity index (χ4n) is 3.24. The van der Waals surface area contributed by atoms with E-state index in [-0.39, 0.29) is 5.41 Å². The second kappa shape index (κ2) is 4.97. The molecule has 1 aliphatic carbocycles. The molecular weight excluding hydrogens is 236 g/mol.